The quantitative estimate of drug-likeness (QED) is 0.592. The number of hydrogen-bond acceptors (Lipinski definition) is 10. The van der Waals surface area contributed by atoms with Crippen molar-refractivity contribution in [1.82, 2.24) is 19.8 Å². The molecule has 1 aromatic heterocycles. The van der Waals surface area contributed by atoms with Crippen LogP contribution in [-0.2, 0) is 18.9 Å². The van der Waals surface area contributed by atoms with Crippen LogP contribution in [0, 0.1) is 0 Å². The number of methoxy groups -OCH3 is 2. The Morgan fingerprint density at radius 1 is 0.800 bits per heavy atom. The number of hydrogen-bond donors (Lipinski definition) is 1. The molecule has 12 nitrogen and oxygen atoms in total. The molecule has 4 unspecified atom stereocenters. The van der Waals surface area contributed by atoms with Crippen molar-refractivity contribution >= 4 is 23.2 Å². The lowest BCUT2D eigenvalue weighted by atomic mass is 10.2. The number of aliphatic hydroxyl groups is 1. The first-order valence-electron chi connectivity index (χ1n) is 13.3. The van der Waals surface area contributed by atoms with Gasteiger partial charge in [0.1, 0.15) is 29.5 Å². The highest BCUT2D eigenvalue weighted by Gasteiger charge is 2.39. The Kier molecular flexibility index (Phi) is 10.1. The van der Waals surface area contributed by atoms with Crippen LogP contribution in [0.4, 0.5) is 9.59 Å². The molecule has 0 spiro atoms. The van der Waals surface area contributed by atoms with Crippen molar-refractivity contribution in [3.05, 3.63) is 30.5 Å². The number of nitrogens with zero attached hydrogens (tertiary/aromatic N) is 4. The van der Waals surface area contributed by atoms with Gasteiger partial charge in [0.25, 0.3) is 0 Å². The molecular weight excluding hydrogens is 520 g/mol. The maximum atomic E-state index is 12.3. The standard InChI is InChI=1S/C18H23N3O4.C10H19NO4/c1-18(2,3)25-17(22)21-10-14(23-4)15(11-21)24-16-9-19-12-7-5-6-8-13(12)20-16;1-10(2,3)15-9(13)11-5-7(12)8(6-11)14-4/h5-9,14-15H,10-11H2,1-4H3;7-8,12H,5-6H2,1-4H3. The van der Waals surface area contributed by atoms with Gasteiger partial charge in [-0.3, -0.25) is 0 Å². The molecule has 2 aromatic rings. The highest BCUT2D eigenvalue weighted by atomic mass is 16.6. The van der Waals surface area contributed by atoms with Crippen molar-refractivity contribution in [1.29, 1.82) is 0 Å². The fourth-order valence-electron chi connectivity index (χ4n) is 4.18. The molecule has 0 aliphatic carbocycles. The SMILES string of the molecule is COC1CN(C(=O)OC(C)(C)C)CC1O.COC1CN(C(=O)OC(C)(C)C)CC1Oc1cnc2ccccc2n1. The zero-order valence-corrected chi connectivity index (χ0v) is 24.6. The summed E-state index contributed by atoms with van der Waals surface area (Å²) in [4.78, 5) is 35.7. The first-order valence-corrected chi connectivity index (χ1v) is 13.3. The monoisotopic (exact) mass is 562 g/mol. The third kappa shape index (κ3) is 8.90. The predicted molar refractivity (Wildman–Crippen MR) is 147 cm³/mol. The average molecular weight is 563 g/mol. The van der Waals surface area contributed by atoms with Gasteiger partial charge < -0.3 is 38.6 Å². The molecule has 4 atom stereocenters. The highest BCUT2D eigenvalue weighted by molar-refractivity contribution is 5.74. The van der Waals surface area contributed by atoms with Crippen molar-refractivity contribution in [3.8, 4) is 5.88 Å². The van der Waals surface area contributed by atoms with Gasteiger partial charge in [0.15, 0.2) is 0 Å². The molecule has 4 rings (SSSR count). The Morgan fingerprint density at radius 2 is 1.30 bits per heavy atom. The molecule has 2 saturated heterocycles. The molecule has 3 heterocycles. The number of benzene rings is 1. The molecule has 0 saturated carbocycles. The molecule has 12 heteroatoms. The second-order valence-corrected chi connectivity index (χ2v) is 11.7. The van der Waals surface area contributed by atoms with Crippen LogP contribution in [0.5, 0.6) is 5.88 Å². The number of carbonyl (C=O) groups is 2. The summed E-state index contributed by atoms with van der Waals surface area (Å²) < 4.78 is 27.1. The lowest BCUT2D eigenvalue weighted by Crippen LogP contribution is -2.36. The maximum absolute atomic E-state index is 12.3. The summed E-state index contributed by atoms with van der Waals surface area (Å²) in [7, 11) is 3.12. The van der Waals surface area contributed by atoms with Crippen molar-refractivity contribution in [2.45, 2.75) is 77.2 Å². The molecule has 1 aromatic carbocycles. The van der Waals surface area contributed by atoms with E-state index >= 15 is 0 Å². The van der Waals surface area contributed by atoms with E-state index in [0.717, 1.165) is 11.0 Å². The smallest absolute Gasteiger partial charge is 0.410 e. The lowest BCUT2D eigenvalue weighted by molar-refractivity contribution is 0.0199. The first kappa shape index (κ1) is 31.3. The summed E-state index contributed by atoms with van der Waals surface area (Å²) in [5.74, 6) is 0.414. The number of para-hydroxylation sites is 2. The van der Waals surface area contributed by atoms with Gasteiger partial charge in [0.05, 0.1) is 49.5 Å². The third-order valence-corrected chi connectivity index (χ3v) is 6.06. The zero-order chi connectivity index (χ0) is 29.7. The summed E-state index contributed by atoms with van der Waals surface area (Å²) in [5, 5.41) is 9.53. The van der Waals surface area contributed by atoms with E-state index in [4.69, 9.17) is 23.7 Å². The van der Waals surface area contributed by atoms with Gasteiger partial charge in [-0.1, -0.05) is 12.1 Å². The van der Waals surface area contributed by atoms with E-state index in [-0.39, 0.29) is 30.9 Å². The highest BCUT2D eigenvalue weighted by Crippen LogP contribution is 2.22. The fourth-order valence-corrected chi connectivity index (χ4v) is 4.18. The van der Waals surface area contributed by atoms with Gasteiger partial charge in [-0.2, -0.15) is 0 Å². The number of fused-ring (bicyclic) bond motifs is 1. The van der Waals surface area contributed by atoms with Gasteiger partial charge >= 0.3 is 12.2 Å². The Morgan fingerprint density at radius 3 is 1.82 bits per heavy atom. The number of aromatic nitrogens is 2. The number of ether oxygens (including phenoxy) is 5. The molecule has 2 fully saturated rings. The van der Waals surface area contributed by atoms with Crippen LogP contribution in [-0.4, -0.2) is 113 Å². The summed E-state index contributed by atoms with van der Waals surface area (Å²) in [6, 6.07) is 7.58. The van der Waals surface area contributed by atoms with E-state index in [1.54, 1.807) is 18.2 Å². The van der Waals surface area contributed by atoms with E-state index in [9.17, 15) is 14.7 Å². The van der Waals surface area contributed by atoms with Crippen molar-refractivity contribution in [2.75, 3.05) is 40.4 Å². The summed E-state index contributed by atoms with van der Waals surface area (Å²) in [6.07, 6.45) is -0.689. The Balaban J connectivity index is 0.000000252. The molecule has 1 N–H and O–H groups in total. The number of carbonyl (C=O) groups excluding carboxylic acids is 2. The minimum atomic E-state index is -0.623. The van der Waals surface area contributed by atoms with Gasteiger partial charge in [0, 0.05) is 14.2 Å². The predicted octanol–water partition coefficient (Wildman–Crippen LogP) is 3.26. The van der Waals surface area contributed by atoms with Crippen LogP contribution in [0.2, 0.25) is 0 Å². The van der Waals surface area contributed by atoms with E-state index < -0.39 is 23.4 Å². The van der Waals surface area contributed by atoms with Gasteiger partial charge in [-0.05, 0) is 53.7 Å². The second kappa shape index (κ2) is 13.0. The Hall–Kier alpha value is -3.22. The number of rotatable bonds is 4. The summed E-state index contributed by atoms with van der Waals surface area (Å²) >= 11 is 0. The first-order chi connectivity index (χ1) is 18.7. The number of amides is 2. The summed E-state index contributed by atoms with van der Waals surface area (Å²) in [6.45, 7) is 12.4. The molecule has 40 heavy (non-hydrogen) atoms. The zero-order valence-electron chi connectivity index (χ0n) is 24.6. The molecular formula is C28H42N4O8. The Labute approximate surface area is 235 Å². The van der Waals surface area contributed by atoms with Crippen LogP contribution in [0.3, 0.4) is 0 Å². The molecule has 2 aliphatic rings. The topological polar surface area (TPSA) is 133 Å². The van der Waals surface area contributed by atoms with E-state index in [1.165, 1.54) is 12.0 Å². The minimum Gasteiger partial charge on any atom is -0.468 e. The van der Waals surface area contributed by atoms with E-state index in [1.807, 2.05) is 65.8 Å². The van der Waals surface area contributed by atoms with Crippen molar-refractivity contribution < 1.29 is 38.4 Å². The molecule has 0 radical (unpaired) electrons. The molecule has 2 amide bonds. The fraction of sp³-hybridized carbons (Fsp3) is 0.643. The van der Waals surface area contributed by atoms with Crippen LogP contribution >= 0.6 is 0 Å². The molecule has 2 aliphatic heterocycles. The van der Waals surface area contributed by atoms with Gasteiger partial charge in [0.2, 0.25) is 5.88 Å². The largest absolute Gasteiger partial charge is 0.468 e. The van der Waals surface area contributed by atoms with Gasteiger partial charge in [-0.25, -0.2) is 19.6 Å². The van der Waals surface area contributed by atoms with Crippen LogP contribution in [0.15, 0.2) is 30.5 Å². The maximum Gasteiger partial charge on any atom is 0.410 e. The number of likely N-dealkylation sites (tertiary alicyclic amines) is 2. The average Bonchev–Trinajstić information content (AvgIpc) is 3.45. The van der Waals surface area contributed by atoms with Crippen LogP contribution < -0.4 is 4.74 Å². The van der Waals surface area contributed by atoms with Crippen molar-refractivity contribution in [2.24, 2.45) is 0 Å². The Bertz CT molecular complexity index is 1150. The van der Waals surface area contributed by atoms with Crippen LogP contribution in [0.25, 0.3) is 11.0 Å². The number of β-amino-alcohol motifs (C(OH)–C–C–N with tert-alkyl or cyclic N) is 1. The number of aliphatic hydroxyl groups excluding tert-OH is 1. The van der Waals surface area contributed by atoms with Crippen molar-refractivity contribution in [3.63, 3.8) is 0 Å². The molecule has 222 valence electrons. The summed E-state index contributed by atoms with van der Waals surface area (Å²) in [5.41, 5.74) is 0.520. The van der Waals surface area contributed by atoms with E-state index in [0.29, 0.717) is 25.5 Å². The lowest BCUT2D eigenvalue weighted by Gasteiger charge is -2.24. The normalized spacial score (nSPS) is 23.0. The third-order valence-electron chi connectivity index (χ3n) is 6.06. The van der Waals surface area contributed by atoms with E-state index in [2.05, 4.69) is 9.97 Å². The van der Waals surface area contributed by atoms with Gasteiger partial charge in [-0.15, -0.1) is 0 Å². The molecule has 0 bridgehead atoms. The second-order valence-electron chi connectivity index (χ2n) is 11.7. The van der Waals surface area contributed by atoms with Crippen LogP contribution in [0.1, 0.15) is 41.5 Å². The minimum absolute atomic E-state index is 0.249.